The third kappa shape index (κ3) is 3.97. The number of hydrogen-bond acceptors (Lipinski definition) is 4. The van der Waals surface area contributed by atoms with Gasteiger partial charge in [-0.2, -0.15) is 5.10 Å². The topological polar surface area (TPSA) is 84.4 Å². The lowest BCUT2D eigenvalue weighted by molar-refractivity contribution is 0.100. The van der Waals surface area contributed by atoms with Crippen molar-refractivity contribution in [2.45, 2.75) is 69.2 Å². The Morgan fingerprint density at radius 2 is 1.74 bits per heavy atom. The zero-order valence-electron chi connectivity index (χ0n) is 21.2. The number of nitrogens with zero attached hydrogens (tertiary/aromatic N) is 3. The Kier molecular flexibility index (Phi) is 5.51. The van der Waals surface area contributed by atoms with Crippen LogP contribution in [-0.4, -0.2) is 39.0 Å². The Bertz CT molecular complexity index is 1530. The molecule has 38 heavy (non-hydrogen) atoms. The highest BCUT2D eigenvalue weighted by molar-refractivity contribution is 6.01. The van der Waals surface area contributed by atoms with Crippen LogP contribution in [0.2, 0.25) is 0 Å². The predicted molar refractivity (Wildman–Crippen MR) is 146 cm³/mol. The molecule has 2 aliphatic heterocycles. The van der Waals surface area contributed by atoms with Gasteiger partial charge in [0.15, 0.2) is 0 Å². The van der Waals surface area contributed by atoms with Crippen LogP contribution in [0, 0.1) is 5.82 Å². The minimum Gasteiger partial charge on any atom is -0.393 e. The Labute approximate surface area is 220 Å². The van der Waals surface area contributed by atoms with E-state index in [0.29, 0.717) is 35.7 Å². The van der Waals surface area contributed by atoms with Gasteiger partial charge in [-0.1, -0.05) is 30.3 Å². The number of amides is 1. The number of benzene rings is 3. The second-order valence-corrected chi connectivity index (χ2v) is 11.2. The summed E-state index contributed by atoms with van der Waals surface area (Å²) in [5, 5.41) is 15.9. The predicted octanol–water partition coefficient (Wildman–Crippen LogP) is 5.36. The lowest BCUT2D eigenvalue weighted by Crippen LogP contribution is -2.44. The highest BCUT2D eigenvalue weighted by Gasteiger charge is 2.40. The second-order valence-electron chi connectivity index (χ2n) is 11.2. The average molecular weight is 511 g/mol. The number of fused-ring (bicyclic) bond motifs is 3. The van der Waals surface area contributed by atoms with E-state index < -0.39 is 5.91 Å². The number of nitrogens with two attached hydrogens (primary N) is 1. The first-order valence-corrected chi connectivity index (χ1v) is 13.6. The number of halogens is 1. The molecule has 6 nitrogen and oxygen atoms in total. The minimum atomic E-state index is -0.494. The van der Waals surface area contributed by atoms with Gasteiger partial charge in [0.1, 0.15) is 11.5 Å². The summed E-state index contributed by atoms with van der Waals surface area (Å²) in [5.74, 6) is -0.304. The number of carbonyl (C=O) groups excluding carboxylic acids is 1. The van der Waals surface area contributed by atoms with Gasteiger partial charge in [-0.05, 0) is 80.3 Å². The molecule has 3 aromatic carbocycles. The Morgan fingerprint density at radius 1 is 1.00 bits per heavy atom. The summed E-state index contributed by atoms with van der Waals surface area (Å²) in [4.78, 5) is 14.4. The first kappa shape index (κ1) is 23.4. The van der Waals surface area contributed by atoms with Crippen molar-refractivity contribution in [3.63, 3.8) is 0 Å². The zero-order valence-corrected chi connectivity index (χ0v) is 21.2. The van der Waals surface area contributed by atoms with Crippen LogP contribution >= 0.6 is 0 Å². The van der Waals surface area contributed by atoms with Crippen LogP contribution in [0.4, 0.5) is 10.1 Å². The monoisotopic (exact) mass is 510 g/mol. The summed E-state index contributed by atoms with van der Waals surface area (Å²) in [5.41, 5.74) is 11.1. The summed E-state index contributed by atoms with van der Waals surface area (Å²) < 4.78 is 17.2. The zero-order chi connectivity index (χ0) is 26.0. The number of rotatable bonds is 6. The maximum absolute atomic E-state index is 15.3. The number of primary amides is 1. The van der Waals surface area contributed by atoms with Crippen molar-refractivity contribution in [1.82, 2.24) is 9.78 Å². The summed E-state index contributed by atoms with van der Waals surface area (Å²) in [6.45, 7) is 0.302. The van der Waals surface area contributed by atoms with Gasteiger partial charge in [0.05, 0.1) is 18.2 Å². The van der Waals surface area contributed by atoms with Crippen molar-refractivity contribution in [2.24, 2.45) is 5.73 Å². The average Bonchev–Trinajstić information content (AvgIpc) is 3.64. The van der Waals surface area contributed by atoms with E-state index in [1.54, 1.807) is 12.1 Å². The number of hydrogen-bond donors (Lipinski definition) is 2. The fraction of sp³-hybridized carbons (Fsp3) is 0.355. The largest absolute Gasteiger partial charge is 0.393 e. The quantitative estimate of drug-likeness (QED) is 0.366. The summed E-state index contributed by atoms with van der Waals surface area (Å²) in [6, 6.07) is 20.1. The molecule has 2 bridgehead atoms. The third-order valence-electron chi connectivity index (χ3n) is 8.63. The third-order valence-corrected chi connectivity index (χ3v) is 8.63. The molecule has 0 spiro atoms. The molecule has 1 saturated carbocycles. The molecule has 7 heteroatoms. The summed E-state index contributed by atoms with van der Waals surface area (Å²) in [7, 11) is 0. The van der Waals surface area contributed by atoms with Crippen LogP contribution in [0.3, 0.4) is 0 Å². The standard InChI is InChI=1S/C31H31FN4O2/c32-29-21(2-1-3-26(29)18-4-5-18)17-35-28-13-8-20(31(33)38)14-27(28)30(34-35)19-6-9-22(10-7-19)36-23-11-12-24(36)16-25(37)15-23/h1-3,6-10,13-14,18,23-25,37H,4-5,11-12,15-17H2,(H2,33,38). The van der Waals surface area contributed by atoms with Gasteiger partial charge >= 0.3 is 0 Å². The number of aromatic nitrogens is 2. The molecule has 2 atom stereocenters. The van der Waals surface area contributed by atoms with Crippen LogP contribution in [0.25, 0.3) is 22.2 Å². The first-order valence-electron chi connectivity index (χ1n) is 13.6. The molecule has 7 rings (SSSR count). The number of piperidine rings is 1. The van der Waals surface area contributed by atoms with Crippen molar-refractivity contribution in [1.29, 1.82) is 0 Å². The maximum Gasteiger partial charge on any atom is 0.248 e. The smallest absolute Gasteiger partial charge is 0.248 e. The molecule has 4 aromatic rings. The van der Waals surface area contributed by atoms with E-state index >= 15 is 4.39 Å². The van der Waals surface area contributed by atoms with Crippen LogP contribution in [-0.2, 0) is 6.54 Å². The lowest BCUT2D eigenvalue weighted by atomic mass is 9.98. The van der Waals surface area contributed by atoms with Crippen molar-refractivity contribution < 1.29 is 14.3 Å². The van der Waals surface area contributed by atoms with Gasteiger partial charge in [-0.25, -0.2) is 4.39 Å². The number of anilines is 1. The molecule has 1 amide bonds. The van der Waals surface area contributed by atoms with Crippen LogP contribution in [0.5, 0.6) is 0 Å². The highest BCUT2D eigenvalue weighted by Crippen LogP contribution is 2.42. The molecule has 194 valence electrons. The molecular weight excluding hydrogens is 479 g/mol. The van der Waals surface area contributed by atoms with E-state index in [2.05, 4.69) is 29.2 Å². The van der Waals surface area contributed by atoms with Gasteiger partial charge in [0.25, 0.3) is 0 Å². The van der Waals surface area contributed by atoms with Crippen LogP contribution < -0.4 is 10.6 Å². The fourth-order valence-electron chi connectivity index (χ4n) is 6.62. The number of carbonyl (C=O) groups is 1. The minimum absolute atomic E-state index is 0.139. The van der Waals surface area contributed by atoms with Crippen LogP contribution in [0.1, 0.15) is 65.9 Å². The van der Waals surface area contributed by atoms with Gasteiger partial charge in [0.2, 0.25) is 5.91 Å². The van der Waals surface area contributed by atoms with Crippen molar-refractivity contribution >= 4 is 22.5 Å². The molecule has 1 aliphatic carbocycles. The molecule has 2 saturated heterocycles. The fourth-order valence-corrected chi connectivity index (χ4v) is 6.62. The molecule has 0 radical (unpaired) electrons. The number of aliphatic hydroxyl groups excluding tert-OH is 1. The van der Waals surface area contributed by atoms with Crippen molar-refractivity contribution in [2.75, 3.05) is 4.90 Å². The van der Waals surface area contributed by atoms with Crippen molar-refractivity contribution in [3.05, 3.63) is 83.2 Å². The van der Waals surface area contributed by atoms with Gasteiger partial charge in [-0.15, -0.1) is 0 Å². The molecule has 3 aliphatic rings. The first-order chi connectivity index (χ1) is 18.5. The van der Waals surface area contributed by atoms with E-state index in [9.17, 15) is 9.90 Å². The summed E-state index contributed by atoms with van der Waals surface area (Å²) in [6.07, 6.45) is 5.76. The van der Waals surface area contributed by atoms with Crippen molar-refractivity contribution in [3.8, 4) is 11.3 Å². The molecule has 2 unspecified atom stereocenters. The van der Waals surface area contributed by atoms with E-state index in [4.69, 9.17) is 10.8 Å². The molecular formula is C31H31FN4O2. The molecule has 3 fully saturated rings. The Morgan fingerprint density at radius 3 is 2.42 bits per heavy atom. The molecule has 3 heterocycles. The van der Waals surface area contributed by atoms with Gasteiger partial charge < -0.3 is 15.7 Å². The molecule has 1 aromatic heterocycles. The molecule has 3 N–H and O–H groups in total. The van der Waals surface area contributed by atoms with Crippen LogP contribution in [0.15, 0.2) is 60.7 Å². The Balaban J connectivity index is 1.27. The van der Waals surface area contributed by atoms with E-state index in [1.807, 2.05) is 28.9 Å². The SMILES string of the molecule is NC(=O)c1ccc2c(c1)c(-c1ccc(N3C4CCC3CC(O)C4)cc1)nn2Cc1cccc(C2CC2)c1F. The van der Waals surface area contributed by atoms with Gasteiger partial charge in [0, 0.05) is 39.8 Å². The van der Waals surface area contributed by atoms with E-state index in [1.165, 1.54) is 0 Å². The number of aliphatic hydroxyl groups is 1. The lowest BCUT2D eigenvalue weighted by Gasteiger charge is -2.39. The maximum atomic E-state index is 15.3. The van der Waals surface area contributed by atoms with Gasteiger partial charge in [-0.3, -0.25) is 9.48 Å². The van der Waals surface area contributed by atoms with E-state index in [-0.39, 0.29) is 11.9 Å². The second kappa shape index (κ2) is 8.95. The normalized spacial score (nSPS) is 22.8. The van der Waals surface area contributed by atoms with E-state index in [0.717, 1.165) is 71.9 Å². The summed E-state index contributed by atoms with van der Waals surface area (Å²) >= 11 is 0. The Hall–Kier alpha value is -3.71. The highest BCUT2D eigenvalue weighted by atomic mass is 19.1.